The van der Waals surface area contributed by atoms with E-state index < -0.39 is 0 Å². The number of ether oxygens (including phenoxy) is 1. The van der Waals surface area contributed by atoms with Crippen molar-refractivity contribution in [1.29, 1.82) is 0 Å². The molecule has 2 rings (SSSR count). The number of hydrogen-bond acceptors (Lipinski definition) is 3. The Labute approximate surface area is 108 Å². The minimum atomic E-state index is -0.0623. The largest absolute Gasteiger partial charge is 0.376 e. The molecular weight excluding hydrogens is 228 g/mol. The van der Waals surface area contributed by atoms with E-state index >= 15 is 0 Å². The number of nitrogens with one attached hydrogen (secondary N) is 1. The number of amides is 1. The van der Waals surface area contributed by atoms with E-state index in [9.17, 15) is 4.79 Å². The first-order valence-corrected chi connectivity index (χ1v) is 6.47. The molecule has 1 amide bonds. The van der Waals surface area contributed by atoms with Crippen molar-refractivity contribution in [3.8, 4) is 0 Å². The number of nitrogens with two attached hydrogens (primary N) is 1. The van der Waals surface area contributed by atoms with Crippen molar-refractivity contribution < 1.29 is 9.53 Å². The molecule has 0 radical (unpaired) electrons. The van der Waals surface area contributed by atoms with Crippen molar-refractivity contribution in [2.75, 3.05) is 13.2 Å². The molecular formula is C14H20N2O2. The Morgan fingerprint density at radius 3 is 2.83 bits per heavy atom. The number of benzene rings is 1. The zero-order valence-corrected chi connectivity index (χ0v) is 10.5. The van der Waals surface area contributed by atoms with E-state index in [1.165, 1.54) is 0 Å². The van der Waals surface area contributed by atoms with Crippen LogP contribution in [0.15, 0.2) is 30.3 Å². The highest BCUT2D eigenvalue weighted by Gasteiger charge is 2.28. The second-order valence-electron chi connectivity index (χ2n) is 4.55. The van der Waals surface area contributed by atoms with Crippen LogP contribution >= 0.6 is 0 Å². The van der Waals surface area contributed by atoms with Crippen molar-refractivity contribution in [2.24, 2.45) is 5.73 Å². The molecule has 4 heteroatoms. The second kappa shape index (κ2) is 6.52. The molecule has 1 aromatic rings. The highest BCUT2D eigenvalue weighted by Crippen LogP contribution is 2.26. The third kappa shape index (κ3) is 3.31. The molecule has 1 fully saturated rings. The molecule has 1 aliphatic heterocycles. The van der Waals surface area contributed by atoms with Gasteiger partial charge in [-0.2, -0.15) is 0 Å². The van der Waals surface area contributed by atoms with E-state index in [0.29, 0.717) is 13.0 Å². The van der Waals surface area contributed by atoms with Crippen LogP contribution in [0, 0.1) is 0 Å². The predicted octanol–water partition coefficient (Wildman–Crippen LogP) is 1.37. The zero-order valence-electron chi connectivity index (χ0n) is 10.5. The summed E-state index contributed by atoms with van der Waals surface area (Å²) in [5.41, 5.74) is 6.50. The van der Waals surface area contributed by atoms with E-state index in [-0.39, 0.29) is 18.1 Å². The maximum atomic E-state index is 11.7. The van der Waals surface area contributed by atoms with Gasteiger partial charge in [0.05, 0.1) is 12.1 Å². The average Bonchev–Trinajstić information content (AvgIpc) is 2.91. The fourth-order valence-corrected chi connectivity index (χ4v) is 2.29. The lowest BCUT2D eigenvalue weighted by Crippen LogP contribution is -2.36. The smallest absolute Gasteiger partial charge is 0.221 e. The molecule has 0 spiro atoms. The van der Waals surface area contributed by atoms with Crippen LogP contribution in [0.3, 0.4) is 0 Å². The van der Waals surface area contributed by atoms with Gasteiger partial charge in [0.2, 0.25) is 5.91 Å². The van der Waals surface area contributed by atoms with Crippen molar-refractivity contribution in [3.63, 3.8) is 0 Å². The Morgan fingerprint density at radius 1 is 1.44 bits per heavy atom. The summed E-state index contributed by atoms with van der Waals surface area (Å²) in [5.74, 6) is -0.0122. The van der Waals surface area contributed by atoms with Gasteiger partial charge in [-0.3, -0.25) is 4.79 Å². The molecule has 0 aromatic heterocycles. The maximum absolute atomic E-state index is 11.7. The van der Waals surface area contributed by atoms with Crippen LogP contribution < -0.4 is 11.1 Å². The molecule has 3 N–H and O–H groups in total. The minimum Gasteiger partial charge on any atom is -0.376 e. The molecule has 0 aliphatic carbocycles. The third-order valence-corrected chi connectivity index (χ3v) is 3.18. The van der Waals surface area contributed by atoms with Gasteiger partial charge in [-0.1, -0.05) is 30.3 Å². The standard InChI is InChI=1S/C14H20N2O2/c15-9-8-13(17)16-14(12-7-4-10-18-12)11-5-2-1-3-6-11/h1-3,5-6,12,14H,4,7-10,15H2,(H,16,17). The van der Waals surface area contributed by atoms with Gasteiger partial charge in [-0.15, -0.1) is 0 Å². The molecule has 18 heavy (non-hydrogen) atoms. The van der Waals surface area contributed by atoms with Crippen molar-refractivity contribution >= 4 is 5.91 Å². The summed E-state index contributed by atoms with van der Waals surface area (Å²) in [7, 11) is 0. The van der Waals surface area contributed by atoms with Gasteiger partial charge in [0.1, 0.15) is 0 Å². The van der Waals surface area contributed by atoms with Gasteiger partial charge < -0.3 is 15.8 Å². The normalized spacial score (nSPS) is 20.6. The van der Waals surface area contributed by atoms with Gasteiger partial charge in [0, 0.05) is 19.6 Å². The molecule has 0 bridgehead atoms. The number of hydrogen-bond donors (Lipinski definition) is 2. The van der Waals surface area contributed by atoms with Crippen LogP contribution in [0.4, 0.5) is 0 Å². The first-order chi connectivity index (χ1) is 8.81. The van der Waals surface area contributed by atoms with Crippen molar-refractivity contribution in [1.82, 2.24) is 5.32 Å². The van der Waals surface area contributed by atoms with Gasteiger partial charge in [-0.25, -0.2) is 0 Å². The number of carbonyl (C=O) groups is 1. The predicted molar refractivity (Wildman–Crippen MR) is 70.0 cm³/mol. The fraction of sp³-hybridized carbons (Fsp3) is 0.500. The topological polar surface area (TPSA) is 64.4 Å². The van der Waals surface area contributed by atoms with E-state index in [4.69, 9.17) is 10.5 Å². The van der Waals surface area contributed by atoms with Crippen LogP contribution in [0.25, 0.3) is 0 Å². The van der Waals surface area contributed by atoms with Crippen molar-refractivity contribution in [2.45, 2.75) is 31.4 Å². The molecule has 2 atom stereocenters. The van der Waals surface area contributed by atoms with E-state index in [1.807, 2.05) is 30.3 Å². The highest BCUT2D eigenvalue weighted by molar-refractivity contribution is 5.76. The second-order valence-corrected chi connectivity index (χ2v) is 4.55. The average molecular weight is 248 g/mol. The van der Waals surface area contributed by atoms with E-state index in [2.05, 4.69) is 5.32 Å². The lowest BCUT2D eigenvalue weighted by Gasteiger charge is -2.24. The Kier molecular flexibility index (Phi) is 4.73. The molecule has 2 unspecified atom stereocenters. The van der Waals surface area contributed by atoms with Crippen LogP contribution in [0.1, 0.15) is 30.9 Å². The monoisotopic (exact) mass is 248 g/mol. The minimum absolute atomic E-state index is 0.0122. The molecule has 1 aromatic carbocycles. The lowest BCUT2D eigenvalue weighted by atomic mass is 9.99. The summed E-state index contributed by atoms with van der Waals surface area (Å²) in [6, 6.07) is 9.91. The summed E-state index contributed by atoms with van der Waals surface area (Å²) in [5, 5.41) is 3.03. The summed E-state index contributed by atoms with van der Waals surface area (Å²) in [6.45, 7) is 1.15. The zero-order chi connectivity index (χ0) is 12.8. The molecule has 1 saturated heterocycles. The Balaban J connectivity index is 2.10. The highest BCUT2D eigenvalue weighted by atomic mass is 16.5. The molecule has 1 aliphatic rings. The summed E-state index contributed by atoms with van der Waals surface area (Å²) in [6.07, 6.45) is 2.48. The third-order valence-electron chi connectivity index (χ3n) is 3.18. The van der Waals surface area contributed by atoms with Crippen LogP contribution in [-0.2, 0) is 9.53 Å². The first kappa shape index (κ1) is 13.1. The quantitative estimate of drug-likeness (QED) is 0.827. The van der Waals surface area contributed by atoms with Gasteiger partial charge in [0.15, 0.2) is 0 Å². The van der Waals surface area contributed by atoms with Gasteiger partial charge in [0.25, 0.3) is 0 Å². The van der Waals surface area contributed by atoms with Crippen molar-refractivity contribution in [3.05, 3.63) is 35.9 Å². The SMILES string of the molecule is NCCC(=O)NC(c1ccccc1)C1CCCO1. The Bertz CT molecular complexity index is 375. The van der Waals surface area contributed by atoms with Crippen LogP contribution in [-0.4, -0.2) is 25.2 Å². The molecule has 1 heterocycles. The molecule has 4 nitrogen and oxygen atoms in total. The fourth-order valence-electron chi connectivity index (χ4n) is 2.29. The Morgan fingerprint density at radius 2 is 2.22 bits per heavy atom. The summed E-state index contributed by atoms with van der Waals surface area (Å²) in [4.78, 5) is 11.7. The maximum Gasteiger partial charge on any atom is 0.221 e. The van der Waals surface area contributed by atoms with E-state index in [1.54, 1.807) is 0 Å². The number of carbonyl (C=O) groups excluding carboxylic acids is 1. The van der Waals surface area contributed by atoms with Crippen LogP contribution in [0.5, 0.6) is 0 Å². The van der Waals surface area contributed by atoms with Gasteiger partial charge >= 0.3 is 0 Å². The Hall–Kier alpha value is -1.39. The number of rotatable bonds is 5. The molecule has 0 saturated carbocycles. The van der Waals surface area contributed by atoms with Gasteiger partial charge in [-0.05, 0) is 18.4 Å². The lowest BCUT2D eigenvalue weighted by molar-refractivity contribution is -0.122. The van der Waals surface area contributed by atoms with Crippen LogP contribution in [0.2, 0.25) is 0 Å². The first-order valence-electron chi connectivity index (χ1n) is 6.47. The summed E-state index contributed by atoms with van der Waals surface area (Å²) >= 11 is 0. The summed E-state index contributed by atoms with van der Waals surface area (Å²) < 4.78 is 5.70. The van der Waals surface area contributed by atoms with E-state index in [0.717, 1.165) is 25.0 Å². The molecule has 98 valence electrons.